The molecule has 4 aliphatic rings. The zero-order valence-electron chi connectivity index (χ0n) is 19.9. The number of alkyl carbamates (subject to hydrolysis) is 1. The van der Waals surface area contributed by atoms with Crippen LogP contribution in [0.3, 0.4) is 0 Å². The van der Waals surface area contributed by atoms with Gasteiger partial charge < -0.3 is 14.8 Å². The molecular formula is C24H38IN3O3. The van der Waals surface area contributed by atoms with Crippen LogP contribution in [-0.2, 0) is 16.0 Å². The van der Waals surface area contributed by atoms with Gasteiger partial charge in [0.25, 0.3) is 0 Å². The fourth-order valence-electron chi connectivity index (χ4n) is 7.79. The number of nitrogens with one attached hydrogen (secondary N) is 1. The van der Waals surface area contributed by atoms with Gasteiger partial charge in [-0.05, 0) is 105 Å². The lowest BCUT2D eigenvalue weighted by Crippen LogP contribution is -2.64. The molecule has 1 N–H and O–H groups in total. The molecule has 4 bridgehead atoms. The Bertz CT molecular complexity index is 841. The number of rotatable bonds is 6. The van der Waals surface area contributed by atoms with E-state index in [2.05, 4.69) is 53.4 Å². The van der Waals surface area contributed by atoms with E-state index in [1.165, 1.54) is 28.5 Å². The summed E-state index contributed by atoms with van der Waals surface area (Å²) < 4.78 is 15.5. The Hall–Kier alpha value is -0.830. The summed E-state index contributed by atoms with van der Waals surface area (Å²) >= 11 is 2.38. The van der Waals surface area contributed by atoms with Crippen LogP contribution in [0.2, 0.25) is 0 Å². The van der Waals surface area contributed by atoms with Gasteiger partial charge in [0.2, 0.25) is 0 Å². The molecule has 4 saturated carbocycles. The molecule has 31 heavy (non-hydrogen) atoms. The fourth-order valence-corrected chi connectivity index (χ4v) is 8.19. The summed E-state index contributed by atoms with van der Waals surface area (Å²) in [6.07, 6.45) is 8.75. The second kappa shape index (κ2) is 7.61. The summed E-state index contributed by atoms with van der Waals surface area (Å²) in [5.41, 5.74) is 1.55. The number of carbonyl (C=O) groups is 1. The summed E-state index contributed by atoms with van der Waals surface area (Å²) in [5, 5.41) is 7.54. The van der Waals surface area contributed by atoms with Crippen molar-refractivity contribution in [2.75, 3.05) is 13.2 Å². The predicted octanol–water partition coefficient (Wildman–Crippen LogP) is 5.46. The van der Waals surface area contributed by atoms with Gasteiger partial charge in [-0.1, -0.05) is 13.8 Å². The first-order valence-corrected chi connectivity index (χ1v) is 12.6. The molecule has 5 rings (SSSR count). The van der Waals surface area contributed by atoms with E-state index in [-0.39, 0.29) is 17.1 Å². The summed E-state index contributed by atoms with van der Waals surface area (Å²) in [6, 6.07) is 0. The number of aromatic nitrogens is 2. The monoisotopic (exact) mass is 543 g/mol. The first-order chi connectivity index (χ1) is 14.2. The number of halogens is 1. The molecule has 1 aromatic rings. The largest absolute Gasteiger partial charge is 0.444 e. The molecule has 1 amide bonds. The minimum Gasteiger partial charge on any atom is -0.444 e. The average molecular weight is 543 g/mol. The highest BCUT2D eigenvalue weighted by molar-refractivity contribution is 14.1. The van der Waals surface area contributed by atoms with Crippen LogP contribution >= 0.6 is 22.6 Å². The fraction of sp³-hybridized carbons (Fsp3) is 0.833. The van der Waals surface area contributed by atoms with E-state index in [0.717, 1.165) is 25.8 Å². The van der Waals surface area contributed by atoms with Gasteiger partial charge in [0.15, 0.2) is 0 Å². The van der Waals surface area contributed by atoms with E-state index in [1.54, 1.807) is 0 Å². The molecule has 2 atom stereocenters. The van der Waals surface area contributed by atoms with Crippen LogP contribution in [0.1, 0.15) is 78.8 Å². The Balaban J connectivity index is 1.46. The van der Waals surface area contributed by atoms with E-state index in [0.29, 0.717) is 24.0 Å². The lowest BCUT2D eigenvalue weighted by molar-refractivity contribution is -0.247. The smallest absolute Gasteiger partial charge is 0.407 e. The van der Waals surface area contributed by atoms with Crippen LogP contribution in [0.4, 0.5) is 4.79 Å². The van der Waals surface area contributed by atoms with Gasteiger partial charge in [0.1, 0.15) is 5.60 Å². The van der Waals surface area contributed by atoms with Gasteiger partial charge in [-0.15, -0.1) is 0 Å². The van der Waals surface area contributed by atoms with E-state index in [1.807, 2.05) is 27.0 Å². The standard InChI is InChI=1S/C24H38IN3O3/c1-17-18(25)9-27-28(17)16-23-11-21(5)10-22(6,12-23)14-24(13-21,15-23)30-8-7-26-19(29)31-20(2,3)4/h9H,7-8,10-16H2,1-6H3,(H,26,29). The van der Waals surface area contributed by atoms with Crippen molar-refractivity contribution in [1.82, 2.24) is 15.1 Å². The molecule has 0 radical (unpaired) electrons. The number of hydrogen-bond acceptors (Lipinski definition) is 4. The molecule has 4 fully saturated rings. The lowest BCUT2D eigenvalue weighted by atomic mass is 9.39. The minimum absolute atomic E-state index is 0.0952. The van der Waals surface area contributed by atoms with Crippen LogP contribution in [0.25, 0.3) is 0 Å². The molecule has 0 saturated heterocycles. The molecule has 2 unspecified atom stereocenters. The van der Waals surface area contributed by atoms with Gasteiger partial charge in [0, 0.05) is 18.8 Å². The zero-order chi connectivity index (χ0) is 22.7. The van der Waals surface area contributed by atoms with Crippen molar-refractivity contribution in [3.63, 3.8) is 0 Å². The average Bonchev–Trinajstić information content (AvgIpc) is 2.85. The molecule has 7 heteroatoms. The van der Waals surface area contributed by atoms with Crippen molar-refractivity contribution < 1.29 is 14.3 Å². The quantitative estimate of drug-likeness (QED) is 0.383. The van der Waals surface area contributed by atoms with Gasteiger partial charge in [0.05, 0.1) is 22.0 Å². The number of amides is 1. The highest BCUT2D eigenvalue weighted by Crippen LogP contribution is 2.72. The van der Waals surface area contributed by atoms with Crippen LogP contribution in [0, 0.1) is 26.7 Å². The predicted molar refractivity (Wildman–Crippen MR) is 129 cm³/mol. The Morgan fingerprint density at radius 2 is 1.81 bits per heavy atom. The van der Waals surface area contributed by atoms with Gasteiger partial charge in [-0.2, -0.15) is 5.10 Å². The van der Waals surface area contributed by atoms with Gasteiger partial charge in [-0.25, -0.2) is 4.79 Å². The summed E-state index contributed by atoms with van der Waals surface area (Å²) in [7, 11) is 0. The maximum atomic E-state index is 12.0. The molecule has 174 valence electrons. The maximum absolute atomic E-state index is 12.0. The first kappa shape index (κ1) is 23.3. The Morgan fingerprint density at radius 1 is 1.16 bits per heavy atom. The number of hydrogen-bond donors (Lipinski definition) is 1. The van der Waals surface area contributed by atoms with Crippen molar-refractivity contribution in [3.05, 3.63) is 15.5 Å². The van der Waals surface area contributed by atoms with E-state index in [9.17, 15) is 4.79 Å². The van der Waals surface area contributed by atoms with E-state index >= 15 is 0 Å². The molecular weight excluding hydrogens is 505 g/mol. The molecule has 1 aromatic heterocycles. The number of carbonyl (C=O) groups excluding carboxylic acids is 1. The topological polar surface area (TPSA) is 65.4 Å². The van der Waals surface area contributed by atoms with Crippen molar-refractivity contribution in [2.24, 2.45) is 16.2 Å². The highest BCUT2D eigenvalue weighted by Gasteiger charge is 2.66. The summed E-state index contributed by atoms with van der Waals surface area (Å²) in [4.78, 5) is 12.0. The Morgan fingerprint density at radius 3 is 2.35 bits per heavy atom. The minimum atomic E-state index is -0.483. The number of ether oxygens (including phenoxy) is 2. The van der Waals surface area contributed by atoms with Crippen molar-refractivity contribution in [3.8, 4) is 0 Å². The molecule has 0 spiro atoms. The molecule has 0 aliphatic heterocycles. The first-order valence-electron chi connectivity index (χ1n) is 11.5. The Labute approximate surface area is 200 Å². The Kier molecular flexibility index (Phi) is 5.72. The third-order valence-electron chi connectivity index (χ3n) is 7.36. The zero-order valence-corrected chi connectivity index (χ0v) is 22.1. The van der Waals surface area contributed by atoms with Crippen LogP contribution in [0.5, 0.6) is 0 Å². The van der Waals surface area contributed by atoms with Gasteiger partial charge >= 0.3 is 6.09 Å². The highest BCUT2D eigenvalue weighted by atomic mass is 127. The lowest BCUT2D eigenvalue weighted by Gasteiger charge is -2.69. The van der Waals surface area contributed by atoms with E-state index < -0.39 is 5.60 Å². The summed E-state index contributed by atoms with van der Waals surface area (Å²) in [5.74, 6) is 0. The van der Waals surface area contributed by atoms with Crippen LogP contribution in [-0.4, -0.2) is 40.2 Å². The molecule has 4 aliphatic carbocycles. The number of nitrogens with zero attached hydrogens (tertiary/aromatic N) is 2. The SMILES string of the molecule is Cc1c(I)cnn1CC12CC3(C)CC(C)(C1)CC(OCCNC(=O)OC(C)(C)C)(C3)C2. The van der Waals surface area contributed by atoms with Crippen molar-refractivity contribution in [1.29, 1.82) is 0 Å². The van der Waals surface area contributed by atoms with E-state index in [4.69, 9.17) is 14.6 Å². The van der Waals surface area contributed by atoms with Crippen molar-refractivity contribution in [2.45, 2.75) is 97.8 Å². The second-order valence-corrected chi connectivity index (χ2v) is 13.5. The molecule has 6 nitrogen and oxygen atoms in total. The molecule has 0 aromatic carbocycles. The third-order valence-corrected chi connectivity index (χ3v) is 8.42. The van der Waals surface area contributed by atoms with Crippen LogP contribution in [0.15, 0.2) is 6.20 Å². The van der Waals surface area contributed by atoms with Crippen LogP contribution < -0.4 is 5.32 Å². The van der Waals surface area contributed by atoms with Gasteiger partial charge in [-0.3, -0.25) is 4.68 Å². The normalized spacial score (nSPS) is 36.6. The summed E-state index contributed by atoms with van der Waals surface area (Å²) in [6.45, 7) is 14.7. The maximum Gasteiger partial charge on any atom is 0.407 e. The second-order valence-electron chi connectivity index (χ2n) is 12.4. The molecule has 1 heterocycles. The van der Waals surface area contributed by atoms with Crippen molar-refractivity contribution >= 4 is 28.7 Å². The third kappa shape index (κ3) is 4.92.